The number of para-hydroxylation sites is 6. The maximum atomic E-state index is 6.76. The van der Waals surface area contributed by atoms with Crippen LogP contribution in [0.15, 0.2) is 249 Å². The topological polar surface area (TPSA) is 13.0 Å². The summed E-state index contributed by atoms with van der Waals surface area (Å²) >= 11 is 0. The van der Waals surface area contributed by atoms with Crippen LogP contribution in [0.3, 0.4) is 0 Å². The third kappa shape index (κ3) is 8.92. The van der Waals surface area contributed by atoms with Gasteiger partial charge in [0.25, 0.3) is 0 Å². The van der Waals surface area contributed by atoms with Gasteiger partial charge in [-0.15, -0.1) is 60.6 Å². The van der Waals surface area contributed by atoms with Crippen molar-refractivity contribution in [3.8, 4) is 50.4 Å². The van der Waals surface area contributed by atoms with Crippen molar-refractivity contribution in [1.82, 2.24) is 0 Å². The first-order valence-electron chi connectivity index (χ1n) is 23.2. The minimum Gasteiger partial charge on any atom is -0.493 e. The summed E-state index contributed by atoms with van der Waals surface area (Å²) in [5.74, 6) is 2.30. The maximum Gasteiger partial charge on any atom is 4.00 e. The Balaban J connectivity index is 0.000000513. The quantitative estimate of drug-likeness (QED) is 0.111. The molecule has 10 aromatic carbocycles. The van der Waals surface area contributed by atoms with E-state index in [-0.39, 0.29) is 21.1 Å². The fraction of sp³-hybridized carbons (Fsp3) is 0.0154. The molecule has 0 unspecified atom stereocenters. The summed E-state index contributed by atoms with van der Waals surface area (Å²) in [6.45, 7) is 6.48. The zero-order valence-electron chi connectivity index (χ0n) is 38.4. The van der Waals surface area contributed by atoms with Crippen LogP contribution in [0.25, 0.3) is 44.5 Å². The second-order valence-corrected chi connectivity index (χ2v) is 17.0. The van der Waals surface area contributed by atoms with Crippen LogP contribution in [0.4, 0.5) is 45.5 Å². The molecule has 0 amide bonds. The van der Waals surface area contributed by atoms with Gasteiger partial charge in [0.2, 0.25) is 0 Å². The van der Waals surface area contributed by atoms with Crippen LogP contribution < -0.4 is 19.6 Å². The molecule has 0 aromatic heterocycles. The van der Waals surface area contributed by atoms with E-state index in [0.29, 0.717) is 0 Å². The van der Waals surface area contributed by atoms with Crippen molar-refractivity contribution in [2.24, 2.45) is 0 Å². The van der Waals surface area contributed by atoms with Gasteiger partial charge in [0.15, 0.2) is 0 Å². The molecule has 10 aromatic rings. The van der Waals surface area contributed by atoms with Gasteiger partial charge < -0.3 is 26.0 Å². The molecule has 0 spiro atoms. The van der Waals surface area contributed by atoms with E-state index in [2.05, 4.69) is 269 Å². The summed E-state index contributed by atoms with van der Waals surface area (Å²) in [6, 6.07) is 91.3. The van der Waals surface area contributed by atoms with Crippen LogP contribution in [0.5, 0.6) is 0 Å². The third-order valence-electron chi connectivity index (χ3n) is 12.6. The van der Waals surface area contributed by atoms with E-state index in [1.165, 1.54) is 27.8 Å². The van der Waals surface area contributed by atoms with Gasteiger partial charge in [-0.25, -0.2) is 0 Å². The summed E-state index contributed by atoms with van der Waals surface area (Å²) in [4.78, 5) is 9.25. The molecule has 2 heterocycles. The molecular formula is C65H46N4Pt. The SMILES string of the molecule is [C-]#Cc1ccc(C)cc1.[Pt+4].[c-]1c(N2[CH-]N(c3c(-c4ccccc4)cccc3-c3ccccc3)c3ccccc32)cccc1N1[CH-]N(c2c(-c3ccccc3)cccc2-c2ccccc2)c2ccccc21. The maximum absolute atomic E-state index is 6.76. The number of aryl methyl sites for hydroxylation is 1. The number of rotatable bonds is 8. The minimum absolute atomic E-state index is 0. The normalized spacial score (nSPS) is 12.3. The van der Waals surface area contributed by atoms with Crippen molar-refractivity contribution in [1.29, 1.82) is 0 Å². The molecule has 0 N–H and O–H groups in total. The van der Waals surface area contributed by atoms with Crippen molar-refractivity contribution < 1.29 is 21.1 Å². The zero-order chi connectivity index (χ0) is 46.5. The standard InChI is InChI=1S/C56H39N4.C9H7.Pt/c1-5-20-41(21-6-1)47-30-18-31-48(42-22-7-2-8-23-42)55(47)59-39-57(51-34-13-15-36-53(51)59)45-28-17-29-46(38-45)58-40-60(54-37-16-14-35-52(54)58)56-49(43-24-9-3-10-25-43)32-19-33-50(56)44-26-11-4-12-27-44;1-3-9-6-4-8(2)5-7-9;/h1-37,39-40H;4-7H,2H3;/q-3;-1;+4. The van der Waals surface area contributed by atoms with E-state index in [4.69, 9.17) is 6.42 Å². The van der Waals surface area contributed by atoms with Crippen molar-refractivity contribution in [3.63, 3.8) is 0 Å². The molecule has 0 fully saturated rings. The third-order valence-corrected chi connectivity index (χ3v) is 12.6. The van der Waals surface area contributed by atoms with Crippen LogP contribution in [-0.2, 0) is 21.1 Å². The van der Waals surface area contributed by atoms with Crippen LogP contribution >= 0.6 is 0 Å². The smallest absolute Gasteiger partial charge is 0.493 e. The average Bonchev–Trinajstić information content (AvgIpc) is 4.01. The number of benzene rings is 10. The summed E-state index contributed by atoms with van der Waals surface area (Å²) in [5, 5.41) is 0. The van der Waals surface area contributed by atoms with Gasteiger partial charge in [0, 0.05) is 56.4 Å². The molecule has 70 heavy (non-hydrogen) atoms. The molecule has 336 valence electrons. The molecule has 4 nitrogen and oxygen atoms in total. The first kappa shape index (κ1) is 45.4. The summed E-state index contributed by atoms with van der Waals surface area (Å²) in [7, 11) is 0. The Bertz CT molecular complexity index is 3110. The van der Waals surface area contributed by atoms with Crippen molar-refractivity contribution in [2.75, 3.05) is 19.6 Å². The molecule has 12 rings (SSSR count). The van der Waals surface area contributed by atoms with Crippen LogP contribution in [0, 0.1) is 38.7 Å². The van der Waals surface area contributed by atoms with Crippen molar-refractivity contribution in [2.45, 2.75) is 6.92 Å². The predicted molar refractivity (Wildman–Crippen MR) is 287 cm³/mol. The molecule has 2 aliphatic rings. The number of anilines is 8. The van der Waals surface area contributed by atoms with Gasteiger partial charge in [-0.3, -0.25) is 5.92 Å². The van der Waals surface area contributed by atoms with Gasteiger partial charge >= 0.3 is 21.1 Å². The van der Waals surface area contributed by atoms with E-state index in [9.17, 15) is 0 Å². The molecule has 0 bridgehead atoms. The van der Waals surface area contributed by atoms with E-state index in [0.717, 1.165) is 73.3 Å². The van der Waals surface area contributed by atoms with E-state index < -0.39 is 0 Å². The Hall–Kier alpha value is -8.35. The Morgan fingerprint density at radius 2 is 0.643 bits per heavy atom. The second-order valence-electron chi connectivity index (χ2n) is 17.0. The van der Waals surface area contributed by atoms with Crippen LogP contribution in [0.2, 0.25) is 0 Å². The number of fused-ring (bicyclic) bond motifs is 2. The number of hydrogen-bond donors (Lipinski definition) is 0. The van der Waals surface area contributed by atoms with Gasteiger partial charge in [0.1, 0.15) is 0 Å². The van der Waals surface area contributed by atoms with E-state index in [1.54, 1.807) is 0 Å². The molecule has 0 radical (unpaired) electrons. The van der Waals surface area contributed by atoms with Crippen molar-refractivity contribution in [3.05, 3.63) is 286 Å². The molecule has 5 heteroatoms. The Labute approximate surface area is 426 Å². The van der Waals surface area contributed by atoms with Gasteiger partial charge in [0.05, 0.1) is 0 Å². The van der Waals surface area contributed by atoms with Crippen LogP contribution in [-0.4, -0.2) is 0 Å². The Morgan fingerprint density at radius 1 is 0.343 bits per heavy atom. The zero-order valence-corrected chi connectivity index (χ0v) is 40.7. The van der Waals surface area contributed by atoms with E-state index in [1.807, 2.05) is 31.2 Å². The Morgan fingerprint density at radius 3 is 0.971 bits per heavy atom. The summed E-state index contributed by atoms with van der Waals surface area (Å²) in [5.41, 5.74) is 19.9. The van der Waals surface area contributed by atoms with Gasteiger partial charge in [-0.1, -0.05) is 200 Å². The van der Waals surface area contributed by atoms with Gasteiger partial charge in [-0.2, -0.15) is 6.07 Å². The van der Waals surface area contributed by atoms with Crippen LogP contribution in [0.1, 0.15) is 11.1 Å². The molecule has 0 atom stereocenters. The Kier molecular flexibility index (Phi) is 13.3. The number of nitrogens with zero attached hydrogens (tertiary/aromatic N) is 4. The summed E-state index contributed by atoms with van der Waals surface area (Å²) in [6.07, 6.45) is 6.76. The van der Waals surface area contributed by atoms with Crippen molar-refractivity contribution >= 4 is 45.5 Å². The minimum atomic E-state index is 0. The average molecular weight is 1080 g/mol. The van der Waals surface area contributed by atoms with E-state index >= 15 is 0 Å². The van der Waals surface area contributed by atoms with Gasteiger partial charge in [-0.05, 0) is 53.4 Å². The first-order chi connectivity index (χ1) is 34.1. The summed E-state index contributed by atoms with van der Waals surface area (Å²) < 4.78 is 0. The number of hydrogen-bond acceptors (Lipinski definition) is 4. The fourth-order valence-electron chi connectivity index (χ4n) is 9.33. The molecule has 2 aliphatic heterocycles. The largest absolute Gasteiger partial charge is 4.00 e. The molecule has 0 saturated carbocycles. The molecule has 0 aliphatic carbocycles. The monoisotopic (exact) mass is 1080 g/mol. The fourth-order valence-corrected chi connectivity index (χ4v) is 9.33. The predicted octanol–water partition coefficient (Wildman–Crippen LogP) is 16.9. The molecular weight excluding hydrogens is 1030 g/mol. The molecule has 0 saturated heterocycles. The second kappa shape index (κ2) is 20.5. The first-order valence-corrected chi connectivity index (χ1v) is 23.2.